The minimum Gasteiger partial charge on any atom is -0.454 e. The van der Waals surface area contributed by atoms with Crippen molar-refractivity contribution in [3.8, 4) is 11.5 Å². The molecule has 0 aliphatic rings. The number of ether oxygens (including phenoxy) is 1. The fraction of sp³-hybridized carbons (Fsp3) is 0.143. The van der Waals surface area contributed by atoms with Crippen molar-refractivity contribution in [2.75, 3.05) is 7.05 Å². The van der Waals surface area contributed by atoms with Gasteiger partial charge in [-0.3, -0.25) is 0 Å². The van der Waals surface area contributed by atoms with E-state index in [1.807, 2.05) is 12.1 Å². The zero-order chi connectivity index (χ0) is 13.0. The lowest BCUT2D eigenvalue weighted by Crippen LogP contribution is -2.06. The number of rotatable bonds is 4. The van der Waals surface area contributed by atoms with E-state index in [9.17, 15) is 8.78 Å². The minimum absolute atomic E-state index is 0.112. The van der Waals surface area contributed by atoms with Crippen LogP contribution in [0.15, 0.2) is 42.5 Å². The second-order valence-corrected chi connectivity index (χ2v) is 3.79. The Kier molecular flexibility index (Phi) is 3.89. The van der Waals surface area contributed by atoms with Crippen LogP contribution in [0.5, 0.6) is 11.5 Å². The average molecular weight is 249 g/mol. The zero-order valence-electron chi connectivity index (χ0n) is 9.91. The highest BCUT2D eigenvalue weighted by Gasteiger charge is 2.11. The van der Waals surface area contributed by atoms with Gasteiger partial charge in [0.05, 0.1) is 0 Å². The Balaban J connectivity index is 2.31. The predicted octanol–water partition coefficient (Wildman–Crippen LogP) is 3.48. The Morgan fingerprint density at radius 2 is 1.72 bits per heavy atom. The summed E-state index contributed by atoms with van der Waals surface area (Å²) in [6.07, 6.45) is 0. The lowest BCUT2D eigenvalue weighted by molar-refractivity contribution is 0.412. The molecule has 0 aromatic heterocycles. The molecule has 0 aliphatic heterocycles. The molecule has 0 saturated heterocycles. The van der Waals surface area contributed by atoms with E-state index >= 15 is 0 Å². The van der Waals surface area contributed by atoms with Crippen LogP contribution in [0.1, 0.15) is 5.56 Å². The van der Waals surface area contributed by atoms with Gasteiger partial charge in [0, 0.05) is 12.1 Å². The first-order valence-corrected chi connectivity index (χ1v) is 5.56. The lowest BCUT2D eigenvalue weighted by Gasteiger charge is -2.11. The fourth-order valence-electron chi connectivity index (χ4n) is 1.62. The van der Waals surface area contributed by atoms with Crippen LogP contribution in [0, 0.1) is 11.6 Å². The van der Waals surface area contributed by atoms with Gasteiger partial charge in [0.15, 0.2) is 11.6 Å². The maximum atomic E-state index is 13.5. The van der Waals surface area contributed by atoms with Gasteiger partial charge in [0.25, 0.3) is 0 Å². The van der Waals surface area contributed by atoms with Crippen molar-refractivity contribution >= 4 is 0 Å². The van der Waals surface area contributed by atoms with Gasteiger partial charge in [-0.1, -0.05) is 24.3 Å². The molecule has 94 valence electrons. The molecule has 0 saturated carbocycles. The second-order valence-electron chi connectivity index (χ2n) is 3.79. The third kappa shape index (κ3) is 2.65. The summed E-state index contributed by atoms with van der Waals surface area (Å²) >= 11 is 0. The smallest absolute Gasteiger partial charge is 0.201 e. The first-order chi connectivity index (χ1) is 8.72. The zero-order valence-corrected chi connectivity index (χ0v) is 9.91. The molecule has 2 aromatic rings. The maximum Gasteiger partial charge on any atom is 0.201 e. The number of halogens is 2. The molecule has 0 spiro atoms. The van der Waals surface area contributed by atoms with E-state index in [2.05, 4.69) is 5.32 Å². The van der Waals surface area contributed by atoms with Gasteiger partial charge in [-0.25, -0.2) is 4.39 Å². The van der Waals surface area contributed by atoms with Gasteiger partial charge in [0.2, 0.25) is 5.82 Å². The Labute approximate surface area is 104 Å². The molecule has 0 amide bonds. The van der Waals surface area contributed by atoms with Gasteiger partial charge >= 0.3 is 0 Å². The van der Waals surface area contributed by atoms with Gasteiger partial charge < -0.3 is 10.1 Å². The van der Waals surface area contributed by atoms with Gasteiger partial charge in [-0.15, -0.1) is 0 Å². The van der Waals surface area contributed by atoms with E-state index in [1.54, 1.807) is 19.2 Å². The molecule has 0 radical (unpaired) electrons. The molecule has 0 fully saturated rings. The third-order valence-corrected chi connectivity index (χ3v) is 2.48. The highest BCUT2D eigenvalue weighted by molar-refractivity contribution is 5.38. The molecule has 4 heteroatoms. The summed E-state index contributed by atoms with van der Waals surface area (Å²) in [5.74, 6) is -1.50. The van der Waals surface area contributed by atoms with E-state index in [0.717, 1.165) is 11.6 Å². The molecule has 0 aliphatic carbocycles. The Hall–Kier alpha value is -1.94. The lowest BCUT2D eigenvalue weighted by atomic mass is 10.2. The van der Waals surface area contributed by atoms with Crippen LogP contribution in [0.25, 0.3) is 0 Å². The van der Waals surface area contributed by atoms with Crippen molar-refractivity contribution in [3.63, 3.8) is 0 Å². The summed E-state index contributed by atoms with van der Waals surface area (Å²) in [5.41, 5.74) is 0.878. The number of nitrogens with one attached hydrogen (secondary N) is 1. The summed E-state index contributed by atoms with van der Waals surface area (Å²) in [6.45, 7) is 0.590. The highest BCUT2D eigenvalue weighted by Crippen LogP contribution is 2.28. The Morgan fingerprint density at radius 3 is 2.50 bits per heavy atom. The minimum atomic E-state index is -0.975. The molecular formula is C14H13F2NO. The molecule has 0 heterocycles. The standard InChI is InChI=1S/C14H13F2NO/c1-17-9-10-5-2-3-7-12(10)18-13-8-4-6-11(15)14(13)16/h2-8,17H,9H2,1H3. The van der Waals surface area contributed by atoms with E-state index in [1.165, 1.54) is 12.1 Å². The monoisotopic (exact) mass is 249 g/mol. The topological polar surface area (TPSA) is 21.3 Å². The Bertz CT molecular complexity index is 543. The first kappa shape index (κ1) is 12.5. The van der Waals surface area contributed by atoms with Crippen molar-refractivity contribution in [2.45, 2.75) is 6.54 Å². The molecule has 18 heavy (non-hydrogen) atoms. The fourth-order valence-corrected chi connectivity index (χ4v) is 1.62. The molecule has 0 atom stereocenters. The van der Waals surface area contributed by atoms with Gasteiger partial charge in [-0.2, -0.15) is 4.39 Å². The van der Waals surface area contributed by atoms with Crippen LogP contribution in [0.3, 0.4) is 0 Å². The molecule has 0 bridgehead atoms. The van der Waals surface area contributed by atoms with Crippen LogP contribution in [-0.4, -0.2) is 7.05 Å². The normalized spacial score (nSPS) is 10.4. The van der Waals surface area contributed by atoms with Crippen molar-refractivity contribution in [3.05, 3.63) is 59.7 Å². The SMILES string of the molecule is CNCc1ccccc1Oc1cccc(F)c1F. The molecule has 2 nitrogen and oxygen atoms in total. The van der Waals surface area contributed by atoms with Crippen molar-refractivity contribution in [1.29, 1.82) is 0 Å². The van der Waals surface area contributed by atoms with Crippen LogP contribution in [-0.2, 0) is 6.54 Å². The number of hydrogen-bond donors (Lipinski definition) is 1. The van der Waals surface area contributed by atoms with E-state index in [4.69, 9.17) is 4.74 Å². The second kappa shape index (κ2) is 5.60. The Morgan fingerprint density at radius 1 is 1.00 bits per heavy atom. The number of benzene rings is 2. The molecular weight excluding hydrogens is 236 g/mol. The quantitative estimate of drug-likeness (QED) is 0.895. The van der Waals surface area contributed by atoms with Crippen LogP contribution >= 0.6 is 0 Å². The van der Waals surface area contributed by atoms with Crippen LogP contribution in [0.4, 0.5) is 8.78 Å². The number of hydrogen-bond acceptors (Lipinski definition) is 2. The molecule has 1 N–H and O–H groups in total. The number of para-hydroxylation sites is 1. The predicted molar refractivity (Wildman–Crippen MR) is 65.6 cm³/mol. The highest BCUT2D eigenvalue weighted by atomic mass is 19.2. The van der Waals surface area contributed by atoms with Gasteiger partial charge in [-0.05, 0) is 25.2 Å². The van der Waals surface area contributed by atoms with E-state index in [-0.39, 0.29) is 5.75 Å². The van der Waals surface area contributed by atoms with Gasteiger partial charge in [0.1, 0.15) is 5.75 Å². The molecule has 2 rings (SSSR count). The molecule has 2 aromatic carbocycles. The van der Waals surface area contributed by atoms with Crippen molar-refractivity contribution < 1.29 is 13.5 Å². The summed E-state index contributed by atoms with van der Waals surface area (Å²) in [6, 6.07) is 11.1. The summed E-state index contributed by atoms with van der Waals surface area (Å²) in [4.78, 5) is 0. The molecule has 0 unspecified atom stereocenters. The van der Waals surface area contributed by atoms with E-state index in [0.29, 0.717) is 12.3 Å². The van der Waals surface area contributed by atoms with Crippen LogP contribution < -0.4 is 10.1 Å². The average Bonchev–Trinajstić information content (AvgIpc) is 2.37. The van der Waals surface area contributed by atoms with E-state index < -0.39 is 11.6 Å². The first-order valence-electron chi connectivity index (χ1n) is 5.56. The summed E-state index contributed by atoms with van der Waals surface area (Å²) < 4.78 is 32.0. The summed E-state index contributed by atoms with van der Waals surface area (Å²) in [7, 11) is 1.81. The van der Waals surface area contributed by atoms with Crippen molar-refractivity contribution in [2.24, 2.45) is 0 Å². The van der Waals surface area contributed by atoms with Crippen LogP contribution in [0.2, 0.25) is 0 Å². The maximum absolute atomic E-state index is 13.5. The summed E-state index contributed by atoms with van der Waals surface area (Å²) in [5, 5.41) is 2.99. The largest absolute Gasteiger partial charge is 0.454 e. The van der Waals surface area contributed by atoms with Crippen molar-refractivity contribution in [1.82, 2.24) is 5.32 Å². The third-order valence-electron chi connectivity index (χ3n) is 2.48.